The van der Waals surface area contributed by atoms with Crippen LogP contribution in [0, 0.1) is 10.5 Å². The molecule has 1 heterocycles. The van der Waals surface area contributed by atoms with Crippen molar-refractivity contribution in [3.05, 3.63) is 37.5 Å². The van der Waals surface area contributed by atoms with Crippen LogP contribution in [-0.2, 0) is 0 Å². The summed E-state index contributed by atoms with van der Waals surface area (Å²) in [5.41, 5.74) is 2.39. The van der Waals surface area contributed by atoms with E-state index in [2.05, 4.69) is 48.2 Å². The van der Waals surface area contributed by atoms with Gasteiger partial charge in [-0.1, -0.05) is 0 Å². The lowest BCUT2D eigenvalue weighted by atomic mass is 10.2. The maximum absolute atomic E-state index is 11.6. The second kappa shape index (κ2) is 5.66. The molecule has 6 heteroatoms. The molecule has 0 spiro atoms. The van der Waals surface area contributed by atoms with Gasteiger partial charge >= 0.3 is 0 Å². The molecule has 0 fully saturated rings. The molecule has 1 aromatic carbocycles. The van der Waals surface area contributed by atoms with Crippen molar-refractivity contribution in [3.8, 4) is 0 Å². The summed E-state index contributed by atoms with van der Waals surface area (Å²) in [5, 5.41) is 4.04. The molecule has 0 amide bonds. The minimum atomic E-state index is 0.0355. The minimum absolute atomic E-state index is 0.0355. The van der Waals surface area contributed by atoms with Crippen LogP contribution in [0.3, 0.4) is 0 Å². The number of aryl methyl sites for hydroxylation is 1. The zero-order chi connectivity index (χ0) is 13.3. The van der Waals surface area contributed by atoms with Crippen LogP contribution in [-0.4, -0.2) is 10.2 Å². The number of benzene rings is 1. The Hall–Kier alpha value is -0.470. The van der Waals surface area contributed by atoms with E-state index in [1.807, 2.05) is 25.1 Å². The highest BCUT2D eigenvalue weighted by atomic mass is 127. The van der Waals surface area contributed by atoms with Gasteiger partial charge in [0.25, 0.3) is 0 Å². The average molecular weight is 437 g/mol. The fourth-order valence-corrected chi connectivity index (χ4v) is 3.15. The monoisotopic (exact) mass is 436 g/mol. The SMILES string of the molecule is CC(=O)c1c(C)nsc1Nc1ccc(I)c(Br)c1. The van der Waals surface area contributed by atoms with Crippen LogP contribution in [0.1, 0.15) is 23.0 Å². The topological polar surface area (TPSA) is 42.0 Å². The normalized spacial score (nSPS) is 10.4. The molecule has 0 radical (unpaired) electrons. The Morgan fingerprint density at radius 3 is 2.83 bits per heavy atom. The third kappa shape index (κ3) is 2.92. The Morgan fingerprint density at radius 1 is 1.50 bits per heavy atom. The average Bonchev–Trinajstić information content (AvgIpc) is 2.65. The van der Waals surface area contributed by atoms with Crippen molar-refractivity contribution in [2.24, 2.45) is 0 Å². The molecule has 0 unspecified atom stereocenters. The first-order valence-corrected chi connectivity index (χ1v) is 7.83. The zero-order valence-electron chi connectivity index (χ0n) is 9.75. The third-order valence-corrected chi connectivity index (χ3v) is 5.58. The predicted molar refractivity (Wildman–Crippen MR) is 87.0 cm³/mol. The first kappa shape index (κ1) is 14.0. The number of hydrogen-bond acceptors (Lipinski definition) is 4. The lowest BCUT2D eigenvalue weighted by Crippen LogP contribution is -1.98. The Labute approximate surface area is 131 Å². The van der Waals surface area contributed by atoms with E-state index in [4.69, 9.17) is 0 Å². The maximum Gasteiger partial charge on any atom is 0.164 e. The highest BCUT2D eigenvalue weighted by molar-refractivity contribution is 14.1. The van der Waals surface area contributed by atoms with Crippen molar-refractivity contribution >= 4 is 66.5 Å². The molecular weight excluding hydrogens is 427 g/mol. The van der Waals surface area contributed by atoms with Crippen molar-refractivity contribution in [1.29, 1.82) is 0 Å². The van der Waals surface area contributed by atoms with Crippen molar-refractivity contribution in [1.82, 2.24) is 4.37 Å². The number of Topliss-reactive ketones (excluding diaryl/α,β-unsaturated/α-hetero) is 1. The summed E-state index contributed by atoms with van der Waals surface area (Å²) in [7, 11) is 0. The van der Waals surface area contributed by atoms with Crippen molar-refractivity contribution in [2.75, 3.05) is 5.32 Å². The van der Waals surface area contributed by atoms with E-state index in [-0.39, 0.29) is 5.78 Å². The van der Waals surface area contributed by atoms with Crippen molar-refractivity contribution in [2.45, 2.75) is 13.8 Å². The first-order chi connectivity index (χ1) is 8.49. The summed E-state index contributed by atoms with van der Waals surface area (Å²) >= 11 is 7.05. The number of hydrogen-bond donors (Lipinski definition) is 1. The largest absolute Gasteiger partial charge is 0.345 e. The molecule has 18 heavy (non-hydrogen) atoms. The fourth-order valence-electron chi connectivity index (χ4n) is 1.57. The van der Waals surface area contributed by atoms with E-state index in [1.165, 1.54) is 11.5 Å². The molecule has 3 nitrogen and oxygen atoms in total. The number of carbonyl (C=O) groups excluding carboxylic acids is 1. The van der Waals surface area contributed by atoms with E-state index in [0.29, 0.717) is 5.56 Å². The molecule has 0 bridgehead atoms. The lowest BCUT2D eigenvalue weighted by Gasteiger charge is -2.06. The molecule has 1 aromatic heterocycles. The van der Waals surface area contributed by atoms with Crippen LogP contribution in [0.25, 0.3) is 0 Å². The summed E-state index contributed by atoms with van der Waals surface area (Å²) in [4.78, 5) is 11.6. The molecule has 1 N–H and O–H groups in total. The first-order valence-electron chi connectivity index (χ1n) is 5.18. The van der Waals surface area contributed by atoms with Crippen LogP contribution >= 0.6 is 50.1 Å². The molecule has 94 valence electrons. The van der Waals surface area contributed by atoms with Crippen molar-refractivity contribution in [3.63, 3.8) is 0 Å². The van der Waals surface area contributed by atoms with Gasteiger partial charge in [0, 0.05) is 13.7 Å². The summed E-state index contributed by atoms with van der Waals surface area (Å²) in [5.74, 6) is 0.0355. The molecule has 0 aliphatic heterocycles. The Balaban J connectivity index is 2.34. The van der Waals surface area contributed by atoms with E-state index in [1.54, 1.807) is 6.92 Å². The number of carbonyl (C=O) groups is 1. The van der Waals surface area contributed by atoms with Gasteiger partial charge < -0.3 is 5.32 Å². The molecule has 0 aliphatic rings. The summed E-state index contributed by atoms with van der Waals surface area (Å²) < 4.78 is 6.39. The summed E-state index contributed by atoms with van der Waals surface area (Å²) in [6.45, 7) is 3.41. The minimum Gasteiger partial charge on any atom is -0.345 e. The van der Waals surface area contributed by atoms with Gasteiger partial charge in [-0.15, -0.1) is 0 Å². The fraction of sp³-hybridized carbons (Fsp3) is 0.167. The number of anilines is 2. The smallest absolute Gasteiger partial charge is 0.164 e. The molecule has 0 saturated carbocycles. The van der Waals surface area contributed by atoms with Gasteiger partial charge in [0.1, 0.15) is 5.00 Å². The molecule has 0 aliphatic carbocycles. The summed E-state index contributed by atoms with van der Waals surface area (Å²) in [6, 6.07) is 5.97. The standard InChI is InChI=1S/C12H10BrIN2OS/c1-6-11(7(2)17)12(18-16-6)15-8-3-4-10(14)9(13)5-8/h3-5,15H,1-2H3. The van der Waals surface area contributed by atoms with Gasteiger partial charge in [-0.3, -0.25) is 4.79 Å². The molecule has 2 rings (SSSR count). The van der Waals surface area contributed by atoms with Crippen LogP contribution in [0.5, 0.6) is 0 Å². The molecule has 2 aromatic rings. The quantitative estimate of drug-likeness (QED) is 0.556. The summed E-state index contributed by atoms with van der Waals surface area (Å²) in [6.07, 6.45) is 0. The number of halogens is 2. The Bertz CT molecular complexity index is 612. The third-order valence-electron chi connectivity index (χ3n) is 2.39. The van der Waals surface area contributed by atoms with Gasteiger partial charge in [-0.2, -0.15) is 4.37 Å². The van der Waals surface area contributed by atoms with E-state index >= 15 is 0 Å². The van der Waals surface area contributed by atoms with E-state index in [0.717, 1.165) is 24.4 Å². The van der Waals surface area contributed by atoms with Crippen LogP contribution in [0.4, 0.5) is 10.7 Å². The number of aromatic nitrogens is 1. The number of nitrogens with zero attached hydrogens (tertiary/aromatic N) is 1. The maximum atomic E-state index is 11.6. The Kier molecular flexibility index (Phi) is 4.39. The highest BCUT2D eigenvalue weighted by Crippen LogP contribution is 2.30. The molecule has 0 atom stereocenters. The van der Waals surface area contributed by atoms with Gasteiger partial charge in [0.05, 0.1) is 11.3 Å². The molecule has 0 saturated heterocycles. The van der Waals surface area contributed by atoms with Gasteiger partial charge in [0.2, 0.25) is 0 Å². The van der Waals surface area contributed by atoms with E-state index in [9.17, 15) is 4.79 Å². The van der Waals surface area contributed by atoms with Gasteiger partial charge in [-0.25, -0.2) is 0 Å². The molecular formula is C12H10BrIN2OS. The van der Waals surface area contributed by atoms with Gasteiger partial charge in [-0.05, 0) is 82.1 Å². The number of nitrogens with one attached hydrogen (secondary N) is 1. The number of rotatable bonds is 3. The Morgan fingerprint density at radius 2 is 2.22 bits per heavy atom. The number of ketones is 1. The predicted octanol–water partition coefficient (Wildman–Crippen LogP) is 4.76. The van der Waals surface area contributed by atoms with Crippen LogP contribution in [0.2, 0.25) is 0 Å². The van der Waals surface area contributed by atoms with Crippen LogP contribution < -0.4 is 5.32 Å². The lowest BCUT2D eigenvalue weighted by molar-refractivity contribution is 0.101. The van der Waals surface area contributed by atoms with E-state index < -0.39 is 0 Å². The zero-order valence-corrected chi connectivity index (χ0v) is 14.3. The second-order valence-electron chi connectivity index (χ2n) is 3.78. The van der Waals surface area contributed by atoms with Crippen molar-refractivity contribution < 1.29 is 4.79 Å². The highest BCUT2D eigenvalue weighted by Gasteiger charge is 2.15. The second-order valence-corrected chi connectivity index (χ2v) is 6.57. The van der Waals surface area contributed by atoms with Gasteiger partial charge in [0.15, 0.2) is 5.78 Å². The van der Waals surface area contributed by atoms with Crippen LogP contribution in [0.15, 0.2) is 22.7 Å².